The molecule has 1 aliphatic heterocycles. The Bertz CT molecular complexity index is 543. The number of guanidine groups is 1. The highest BCUT2D eigenvalue weighted by Crippen LogP contribution is 2.19. The summed E-state index contributed by atoms with van der Waals surface area (Å²) in [4.78, 5) is 10.6. The van der Waals surface area contributed by atoms with Crippen LogP contribution in [0.2, 0.25) is 5.02 Å². The van der Waals surface area contributed by atoms with Crippen LogP contribution in [-0.2, 0) is 0 Å². The molecule has 0 amide bonds. The number of nitrogens with one attached hydrogen (secondary N) is 2. The van der Waals surface area contributed by atoms with Crippen molar-refractivity contribution in [1.82, 2.24) is 20.4 Å². The number of halogens is 1. The number of hydrogen-bond acceptors (Lipinski definition) is 4. The molecule has 2 N–H and O–H groups in total. The Labute approximate surface area is 167 Å². The third kappa shape index (κ3) is 7.35. The number of thioether (sulfide) groups is 1. The monoisotopic (exact) mass is 397 g/mol. The summed E-state index contributed by atoms with van der Waals surface area (Å²) >= 11 is 7.73. The molecule has 26 heavy (non-hydrogen) atoms. The smallest absolute Gasteiger partial charge is 0.191 e. The zero-order valence-electron chi connectivity index (χ0n) is 16.2. The zero-order valence-corrected chi connectivity index (χ0v) is 17.7. The lowest BCUT2D eigenvalue weighted by molar-refractivity contribution is 0.107. The van der Waals surface area contributed by atoms with E-state index in [0.29, 0.717) is 6.04 Å². The van der Waals surface area contributed by atoms with E-state index in [9.17, 15) is 0 Å². The largest absolute Gasteiger partial charge is 0.356 e. The maximum atomic E-state index is 5.91. The lowest BCUT2D eigenvalue weighted by Crippen LogP contribution is -2.53. The molecular weight excluding hydrogens is 366 g/mol. The van der Waals surface area contributed by atoms with Crippen LogP contribution in [0.5, 0.6) is 0 Å². The molecule has 0 spiro atoms. The molecule has 1 atom stereocenters. The van der Waals surface area contributed by atoms with Crippen molar-refractivity contribution in [2.45, 2.75) is 24.8 Å². The first-order chi connectivity index (χ1) is 12.6. The van der Waals surface area contributed by atoms with Gasteiger partial charge in [0.05, 0.1) is 0 Å². The summed E-state index contributed by atoms with van der Waals surface area (Å²) in [5.41, 5.74) is 0. The highest BCUT2D eigenvalue weighted by molar-refractivity contribution is 7.99. The van der Waals surface area contributed by atoms with E-state index >= 15 is 0 Å². The van der Waals surface area contributed by atoms with Gasteiger partial charge in [-0.3, -0.25) is 9.89 Å². The lowest BCUT2D eigenvalue weighted by Gasteiger charge is -2.37. The summed E-state index contributed by atoms with van der Waals surface area (Å²) in [6, 6.07) is 8.48. The highest BCUT2D eigenvalue weighted by atomic mass is 35.5. The van der Waals surface area contributed by atoms with Crippen molar-refractivity contribution >= 4 is 29.3 Å². The second kappa shape index (κ2) is 11.7. The maximum Gasteiger partial charge on any atom is 0.191 e. The summed E-state index contributed by atoms with van der Waals surface area (Å²) in [5.74, 6) is 1.86. The van der Waals surface area contributed by atoms with Crippen molar-refractivity contribution in [2.75, 3.05) is 58.6 Å². The molecule has 1 aliphatic rings. The standard InChI is InChI=1S/C19H32ClN5S/c1-4-24-10-12-25(13-11-24)16(2)15-23-19(21-3)22-9-14-26-18-7-5-17(20)6-8-18/h5-8,16H,4,9-15H2,1-3H3,(H2,21,22,23). The molecule has 1 aromatic rings. The van der Waals surface area contributed by atoms with E-state index in [1.165, 1.54) is 18.0 Å². The Hall–Kier alpha value is -0.950. The Morgan fingerprint density at radius 3 is 2.50 bits per heavy atom. The predicted molar refractivity (Wildman–Crippen MR) is 115 cm³/mol. The zero-order chi connectivity index (χ0) is 18.8. The number of aliphatic imine (C=N–C) groups is 1. The van der Waals surface area contributed by atoms with E-state index in [-0.39, 0.29) is 0 Å². The second-order valence-corrected chi connectivity index (χ2v) is 8.11. The number of hydrogen-bond donors (Lipinski definition) is 2. The van der Waals surface area contributed by atoms with Crippen LogP contribution in [0.4, 0.5) is 0 Å². The number of nitrogens with zero attached hydrogens (tertiary/aromatic N) is 3. The number of likely N-dealkylation sites (N-methyl/N-ethyl adjacent to an activating group) is 1. The molecule has 146 valence electrons. The molecule has 2 rings (SSSR count). The molecule has 1 aromatic carbocycles. The summed E-state index contributed by atoms with van der Waals surface area (Å²) in [7, 11) is 1.83. The average molecular weight is 398 g/mol. The minimum Gasteiger partial charge on any atom is -0.356 e. The van der Waals surface area contributed by atoms with Crippen LogP contribution in [-0.4, -0.2) is 80.4 Å². The van der Waals surface area contributed by atoms with Gasteiger partial charge in [-0.05, 0) is 37.7 Å². The first kappa shape index (κ1) is 21.4. The van der Waals surface area contributed by atoms with Crippen LogP contribution in [0, 0.1) is 0 Å². The van der Waals surface area contributed by atoms with Gasteiger partial charge in [0.2, 0.25) is 0 Å². The summed E-state index contributed by atoms with van der Waals surface area (Å²) in [5, 5.41) is 7.63. The Morgan fingerprint density at radius 2 is 1.88 bits per heavy atom. The Kier molecular flexibility index (Phi) is 9.61. The van der Waals surface area contributed by atoms with Gasteiger partial charge in [-0.1, -0.05) is 18.5 Å². The van der Waals surface area contributed by atoms with Crippen molar-refractivity contribution < 1.29 is 0 Å². The van der Waals surface area contributed by atoms with E-state index in [2.05, 4.69) is 51.4 Å². The number of benzene rings is 1. The fourth-order valence-electron chi connectivity index (χ4n) is 2.98. The van der Waals surface area contributed by atoms with Gasteiger partial charge in [-0.15, -0.1) is 11.8 Å². The van der Waals surface area contributed by atoms with E-state index in [4.69, 9.17) is 11.6 Å². The molecule has 1 fully saturated rings. The van der Waals surface area contributed by atoms with Crippen molar-refractivity contribution in [3.05, 3.63) is 29.3 Å². The van der Waals surface area contributed by atoms with Crippen LogP contribution in [0.25, 0.3) is 0 Å². The topological polar surface area (TPSA) is 42.9 Å². The van der Waals surface area contributed by atoms with Crippen molar-refractivity contribution in [3.8, 4) is 0 Å². The van der Waals surface area contributed by atoms with Gasteiger partial charge in [0.1, 0.15) is 0 Å². The van der Waals surface area contributed by atoms with Gasteiger partial charge in [0, 0.05) is 68.0 Å². The van der Waals surface area contributed by atoms with Crippen molar-refractivity contribution in [2.24, 2.45) is 4.99 Å². The van der Waals surface area contributed by atoms with Gasteiger partial charge in [0.15, 0.2) is 5.96 Å². The van der Waals surface area contributed by atoms with E-state index in [1.54, 1.807) is 0 Å². The minimum absolute atomic E-state index is 0.510. The average Bonchev–Trinajstić information content (AvgIpc) is 2.68. The third-order valence-electron chi connectivity index (χ3n) is 4.74. The quantitative estimate of drug-likeness (QED) is 0.305. The second-order valence-electron chi connectivity index (χ2n) is 6.50. The predicted octanol–water partition coefficient (Wildman–Crippen LogP) is 2.62. The van der Waals surface area contributed by atoms with Crippen molar-refractivity contribution in [3.63, 3.8) is 0 Å². The number of rotatable bonds is 8. The molecule has 1 heterocycles. The summed E-state index contributed by atoms with van der Waals surface area (Å²) < 4.78 is 0. The number of piperazine rings is 1. The van der Waals surface area contributed by atoms with Crippen LogP contribution >= 0.6 is 23.4 Å². The van der Waals surface area contributed by atoms with Crippen molar-refractivity contribution in [1.29, 1.82) is 0 Å². The van der Waals surface area contributed by atoms with Crippen LogP contribution in [0.1, 0.15) is 13.8 Å². The molecular formula is C19H32ClN5S. The summed E-state index contributed by atoms with van der Waals surface area (Å²) in [6.07, 6.45) is 0. The fourth-order valence-corrected chi connectivity index (χ4v) is 3.88. The van der Waals surface area contributed by atoms with Crippen LogP contribution < -0.4 is 10.6 Å². The minimum atomic E-state index is 0.510. The van der Waals surface area contributed by atoms with E-state index in [0.717, 1.165) is 49.5 Å². The molecule has 7 heteroatoms. The molecule has 1 saturated heterocycles. The Balaban J connectivity index is 1.62. The molecule has 1 unspecified atom stereocenters. The molecule has 0 aromatic heterocycles. The SMILES string of the molecule is CCN1CCN(C(C)CNC(=NC)NCCSc2ccc(Cl)cc2)CC1. The highest BCUT2D eigenvalue weighted by Gasteiger charge is 2.20. The molecule has 0 radical (unpaired) electrons. The van der Waals surface area contributed by atoms with Gasteiger partial charge in [-0.25, -0.2) is 0 Å². The van der Waals surface area contributed by atoms with Gasteiger partial charge in [-0.2, -0.15) is 0 Å². The van der Waals surface area contributed by atoms with Gasteiger partial charge >= 0.3 is 0 Å². The van der Waals surface area contributed by atoms with Gasteiger partial charge < -0.3 is 15.5 Å². The van der Waals surface area contributed by atoms with Gasteiger partial charge in [0.25, 0.3) is 0 Å². The molecule has 0 bridgehead atoms. The van der Waals surface area contributed by atoms with Crippen LogP contribution in [0.15, 0.2) is 34.2 Å². The molecule has 5 nitrogen and oxygen atoms in total. The Morgan fingerprint density at radius 1 is 1.19 bits per heavy atom. The lowest BCUT2D eigenvalue weighted by atomic mass is 10.2. The molecule has 0 saturated carbocycles. The van der Waals surface area contributed by atoms with E-state index < -0.39 is 0 Å². The fraction of sp³-hybridized carbons (Fsp3) is 0.632. The normalized spacial score (nSPS) is 17.9. The van der Waals surface area contributed by atoms with Crippen LogP contribution in [0.3, 0.4) is 0 Å². The third-order valence-corrected chi connectivity index (χ3v) is 6.01. The summed E-state index contributed by atoms with van der Waals surface area (Å²) in [6.45, 7) is 12.1. The first-order valence-corrected chi connectivity index (χ1v) is 10.8. The first-order valence-electron chi connectivity index (χ1n) is 9.41. The maximum absolute atomic E-state index is 5.91. The molecule has 0 aliphatic carbocycles. The van der Waals surface area contributed by atoms with E-state index in [1.807, 2.05) is 30.9 Å².